The smallest absolute Gasteiger partial charge is 0.333 e. The van der Waals surface area contributed by atoms with E-state index >= 15 is 0 Å². The molecule has 0 aromatic rings. The van der Waals surface area contributed by atoms with Gasteiger partial charge < -0.3 is 9.47 Å². The fraction of sp³-hybridized carbons (Fsp3) is 0.812. The molecule has 7 atom stereocenters. The highest BCUT2D eigenvalue weighted by atomic mass is 32.2. The van der Waals surface area contributed by atoms with E-state index in [0.29, 0.717) is 24.4 Å². The fourth-order valence-corrected chi connectivity index (χ4v) is 6.34. The molecule has 0 aromatic carbocycles. The van der Waals surface area contributed by atoms with Crippen molar-refractivity contribution in [3.63, 3.8) is 0 Å². The average Bonchev–Trinajstić information content (AvgIpc) is 2.81. The Morgan fingerprint density at radius 2 is 2.20 bits per heavy atom. The van der Waals surface area contributed by atoms with Crippen LogP contribution >= 0.6 is 11.8 Å². The van der Waals surface area contributed by atoms with Gasteiger partial charge in [-0.15, -0.1) is 0 Å². The second-order valence-corrected chi connectivity index (χ2v) is 8.18. The molecule has 1 saturated heterocycles. The van der Waals surface area contributed by atoms with Crippen LogP contribution in [0.3, 0.4) is 0 Å². The van der Waals surface area contributed by atoms with Gasteiger partial charge >= 0.3 is 5.97 Å². The summed E-state index contributed by atoms with van der Waals surface area (Å²) >= 11 is 2.02. The Morgan fingerprint density at radius 1 is 1.35 bits per heavy atom. The molecule has 7 unspecified atom stereocenters. The van der Waals surface area contributed by atoms with Crippen LogP contribution in [0.2, 0.25) is 0 Å². The van der Waals surface area contributed by atoms with Crippen LogP contribution in [-0.4, -0.2) is 35.8 Å². The van der Waals surface area contributed by atoms with Crippen LogP contribution in [0.25, 0.3) is 0 Å². The van der Waals surface area contributed by atoms with Gasteiger partial charge in [-0.2, -0.15) is 11.8 Å². The molecule has 0 N–H and O–H groups in total. The van der Waals surface area contributed by atoms with Crippen molar-refractivity contribution in [3.8, 4) is 0 Å². The summed E-state index contributed by atoms with van der Waals surface area (Å²) in [5.74, 6) is 4.32. The van der Waals surface area contributed by atoms with Crippen LogP contribution in [-0.2, 0) is 14.3 Å². The Balaban J connectivity index is 1.24. The normalized spacial score (nSPS) is 47.0. The lowest BCUT2D eigenvalue weighted by Gasteiger charge is -2.32. The molecular formula is C16H22O3S. The molecule has 0 amide bonds. The Kier molecular flexibility index (Phi) is 3.15. The number of esters is 1. The van der Waals surface area contributed by atoms with Gasteiger partial charge in [0, 0.05) is 16.6 Å². The Morgan fingerprint density at radius 3 is 3.00 bits per heavy atom. The molecular weight excluding hydrogens is 272 g/mol. The van der Waals surface area contributed by atoms with Crippen molar-refractivity contribution < 1.29 is 14.3 Å². The average molecular weight is 294 g/mol. The largest absolute Gasteiger partial charge is 0.461 e. The van der Waals surface area contributed by atoms with Gasteiger partial charge in [0.15, 0.2) is 0 Å². The van der Waals surface area contributed by atoms with Gasteiger partial charge in [0.25, 0.3) is 0 Å². The molecule has 1 aliphatic heterocycles. The minimum atomic E-state index is -0.258. The Labute approximate surface area is 124 Å². The van der Waals surface area contributed by atoms with Crippen LogP contribution in [0.5, 0.6) is 0 Å². The zero-order chi connectivity index (χ0) is 13.9. The summed E-state index contributed by atoms with van der Waals surface area (Å²) in [6.45, 7) is 5.81. The minimum Gasteiger partial charge on any atom is -0.461 e. The maximum Gasteiger partial charge on any atom is 0.333 e. The molecule has 2 bridgehead atoms. The van der Waals surface area contributed by atoms with Gasteiger partial charge in [0.05, 0.1) is 12.2 Å². The molecule has 4 aliphatic rings. The molecule has 3 aliphatic carbocycles. The molecule has 1 heterocycles. The number of ether oxygens (including phenoxy) is 2. The van der Waals surface area contributed by atoms with E-state index in [-0.39, 0.29) is 5.97 Å². The van der Waals surface area contributed by atoms with Crippen molar-refractivity contribution >= 4 is 17.7 Å². The van der Waals surface area contributed by atoms with Gasteiger partial charge in [0.1, 0.15) is 6.61 Å². The van der Waals surface area contributed by atoms with Crippen LogP contribution in [0.4, 0.5) is 0 Å². The molecule has 0 aromatic heterocycles. The Bertz CT molecular complexity index is 449. The Hall–Kier alpha value is -0.480. The third-order valence-corrected chi connectivity index (χ3v) is 7.05. The van der Waals surface area contributed by atoms with Crippen LogP contribution in [0, 0.1) is 23.7 Å². The number of hydrogen-bond donors (Lipinski definition) is 0. The zero-order valence-corrected chi connectivity index (χ0v) is 12.7. The van der Waals surface area contributed by atoms with Crippen molar-refractivity contribution in [1.29, 1.82) is 0 Å². The van der Waals surface area contributed by atoms with Gasteiger partial charge in [0.2, 0.25) is 0 Å². The highest BCUT2D eigenvalue weighted by molar-refractivity contribution is 7.99. The van der Waals surface area contributed by atoms with Gasteiger partial charge in [-0.1, -0.05) is 6.58 Å². The monoisotopic (exact) mass is 294 g/mol. The number of fused-ring (bicyclic) bond motifs is 7. The quantitative estimate of drug-likeness (QED) is 0.338. The highest BCUT2D eigenvalue weighted by Crippen LogP contribution is 2.65. The molecule has 0 radical (unpaired) electrons. The number of hydrogen-bond acceptors (Lipinski definition) is 4. The van der Waals surface area contributed by atoms with Gasteiger partial charge in [-0.3, -0.25) is 0 Å². The molecule has 3 saturated carbocycles. The number of carbonyl (C=O) groups is 1. The summed E-state index contributed by atoms with van der Waals surface area (Å²) < 4.78 is 10.9. The number of carbonyl (C=O) groups excluding carboxylic acids is 1. The molecule has 4 rings (SSSR count). The van der Waals surface area contributed by atoms with Crippen molar-refractivity contribution in [2.24, 2.45) is 23.7 Å². The predicted octanol–water partition coefficient (Wildman–Crippen LogP) is 2.65. The molecule has 20 heavy (non-hydrogen) atoms. The van der Waals surface area contributed by atoms with Crippen LogP contribution in [0.1, 0.15) is 26.2 Å². The van der Waals surface area contributed by atoms with Crippen molar-refractivity contribution in [1.82, 2.24) is 0 Å². The molecule has 110 valence electrons. The number of rotatable bonds is 5. The first-order valence-electron chi connectivity index (χ1n) is 7.75. The third-order valence-electron chi connectivity index (χ3n) is 5.68. The summed E-state index contributed by atoms with van der Waals surface area (Å²) in [7, 11) is 0. The molecule has 4 fully saturated rings. The van der Waals surface area contributed by atoms with Crippen LogP contribution in [0.15, 0.2) is 12.2 Å². The summed E-state index contributed by atoms with van der Waals surface area (Å²) in [5, 5.41) is 0.794. The maximum atomic E-state index is 11.3. The predicted molar refractivity (Wildman–Crippen MR) is 78.5 cm³/mol. The fourth-order valence-electron chi connectivity index (χ4n) is 4.92. The zero-order valence-electron chi connectivity index (χ0n) is 11.9. The summed E-state index contributed by atoms with van der Waals surface area (Å²) in [6, 6.07) is 0. The number of thioether (sulfide) groups is 1. The van der Waals surface area contributed by atoms with Crippen molar-refractivity contribution in [2.45, 2.75) is 43.6 Å². The van der Waals surface area contributed by atoms with E-state index in [1.165, 1.54) is 19.3 Å². The highest BCUT2D eigenvalue weighted by Gasteiger charge is 2.66. The lowest BCUT2D eigenvalue weighted by atomic mass is 9.81. The van der Waals surface area contributed by atoms with E-state index in [0.717, 1.165) is 34.7 Å². The second kappa shape index (κ2) is 4.77. The molecule has 3 nitrogen and oxygen atoms in total. The number of epoxide rings is 1. The first kappa shape index (κ1) is 13.2. The summed E-state index contributed by atoms with van der Waals surface area (Å²) in [5.41, 5.74) is 0.489. The van der Waals surface area contributed by atoms with Gasteiger partial charge in [-0.25, -0.2) is 4.79 Å². The van der Waals surface area contributed by atoms with Crippen molar-refractivity contribution in [3.05, 3.63) is 12.2 Å². The lowest BCUT2D eigenvalue weighted by Crippen LogP contribution is -2.30. The molecule has 4 heteroatoms. The maximum absolute atomic E-state index is 11.3. The first-order valence-corrected chi connectivity index (χ1v) is 8.79. The lowest BCUT2D eigenvalue weighted by molar-refractivity contribution is -0.138. The SMILES string of the molecule is C=C(C)C(=O)OCCSC1CC2CC1C1CC3OC3C21. The van der Waals surface area contributed by atoms with E-state index in [2.05, 4.69) is 6.58 Å². The van der Waals surface area contributed by atoms with E-state index in [1.54, 1.807) is 6.92 Å². The standard InChI is InChI=1S/C16H22O3S/c1-8(2)16(17)18-3-4-20-13-6-9-5-10(13)11-7-12-15(19-12)14(9)11/h9-15H,1,3-7H2,2H3. The summed E-state index contributed by atoms with van der Waals surface area (Å²) in [4.78, 5) is 11.3. The second-order valence-electron chi connectivity index (χ2n) is 6.84. The van der Waals surface area contributed by atoms with E-state index in [1.807, 2.05) is 11.8 Å². The van der Waals surface area contributed by atoms with E-state index in [4.69, 9.17) is 9.47 Å². The molecule has 0 spiro atoms. The van der Waals surface area contributed by atoms with E-state index in [9.17, 15) is 4.79 Å². The van der Waals surface area contributed by atoms with Gasteiger partial charge in [-0.05, 0) is 49.9 Å². The first-order chi connectivity index (χ1) is 9.65. The van der Waals surface area contributed by atoms with Crippen LogP contribution < -0.4 is 0 Å². The summed E-state index contributed by atoms with van der Waals surface area (Å²) in [6.07, 6.45) is 5.36. The third kappa shape index (κ3) is 2.03. The topological polar surface area (TPSA) is 38.8 Å². The van der Waals surface area contributed by atoms with Crippen molar-refractivity contribution in [2.75, 3.05) is 12.4 Å². The van der Waals surface area contributed by atoms with E-state index < -0.39 is 0 Å². The minimum absolute atomic E-state index is 0.258.